The Morgan fingerprint density at radius 2 is 1.58 bits per heavy atom. The number of methoxy groups -OCH3 is 2. The van der Waals surface area contributed by atoms with Crippen molar-refractivity contribution in [1.29, 1.82) is 0 Å². The van der Waals surface area contributed by atoms with Crippen LogP contribution in [0.5, 0.6) is 11.5 Å². The molecule has 31 heavy (non-hydrogen) atoms. The maximum Gasteiger partial charge on any atom is 0.258 e. The Bertz CT molecular complexity index is 1200. The van der Waals surface area contributed by atoms with Gasteiger partial charge in [0.25, 0.3) is 5.91 Å². The summed E-state index contributed by atoms with van der Waals surface area (Å²) in [4.78, 5) is 12.4. The van der Waals surface area contributed by atoms with Crippen molar-refractivity contribution in [3.63, 3.8) is 0 Å². The molecule has 0 unspecified atom stereocenters. The molecule has 0 atom stereocenters. The van der Waals surface area contributed by atoms with Crippen LogP contribution in [0.25, 0.3) is 0 Å². The average molecular weight is 444 g/mol. The molecule has 162 valence electrons. The number of hydrogen-bond acceptors (Lipinski definition) is 5. The van der Waals surface area contributed by atoms with Gasteiger partial charge >= 0.3 is 0 Å². The fourth-order valence-corrected chi connectivity index (χ4v) is 3.92. The van der Waals surface area contributed by atoms with Gasteiger partial charge in [-0.2, -0.15) is 0 Å². The van der Waals surface area contributed by atoms with E-state index in [1.54, 1.807) is 48.5 Å². The summed E-state index contributed by atoms with van der Waals surface area (Å²) in [6, 6.07) is 16.6. The number of rotatable bonds is 8. The maximum absolute atomic E-state index is 14.3. The first-order valence-electron chi connectivity index (χ1n) is 9.21. The SMILES string of the molecule is COc1ccccc1CNS(=O)(=O)c1ccc(F)c(C(=O)Nc2ccccc2OC)c1. The van der Waals surface area contributed by atoms with Crippen molar-refractivity contribution in [1.82, 2.24) is 4.72 Å². The topological polar surface area (TPSA) is 93.7 Å². The van der Waals surface area contributed by atoms with Crippen molar-refractivity contribution < 1.29 is 27.1 Å². The average Bonchev–Trinajstić information content (AvgIpc) is 2.78. The first-order valence-corrected chi connectivity index (χ1v) is 10.7. The zero-order valence-electron chi connectivity index (χ0n) is 16.9. The highest BCUT2D eigenvalue weighted by Gasteiger charge is 2.20. The lowest BCUT2D eigenvalue weighted by molar-refractivity contribution is 0.102. The van der Waals surface area contributed by atoms with E-state index in [0.29, 0.717) is 22.7 Å². The zero-order valence-corrected chi connectivity index (χ0v) is 17.7. The zero-order chi connectivity index (χ0) is 22.4. The molecule has 0 aromatic heterocycles. The Morgan fingerprint density at radius 1 is 0.935 bits per heavy atom. The summed E-state index contributed by atoms with van der Waals surface area (Å²) in [7, 11) is -1.10. The number of hydrogen-bond donors (Lipinski definition) is 2. The third kappa shape index (κ3) is 5.19. The highest BCUT2D eigenvalue weighted by Crippen LogP contribution is 2.25. The molecular weight excluding hydrogens is 423 g/mol. The molecule has 7 nitrogen and oxygen atoms in total. The minimum atomic E-state index is -4.02. The van der Waals surface area contributed by atoms with Crippen LogP contribution in [0.2, 0.25) is 0 Å². The summed E-state index contributed by atoms with van der Waals surface area (Å²) in [5.41, 5.74) is 0.549. The summed E-state index contributed by atoms with van der Waals surface area (Å²) >= 11 is 0. The van der Waals surface area contributed by atoms with E-state index in [4.69, 9.17) is 9.47 Å². The second kappa shape index (κ2) is 9.59. The fourth-order valence-electron chi connectivity index (χ4n) is 2.89. The second-order valence-corrected chi connectivity index (χ2v) is 8.20. The van der Waals surface area contributed by atoms with Crippen molar-refractivity contribution in [2.24, 2.45) is 0 Å². The van der Waals surface area contributed by atoms with Gasteiger partial charge in [-0.25, -0.2) is 17.5 Å². The van der Waals surface area contributed by atoms with Crippen molar-refractivity contribution in [2.75, 3.05) is 19.5 Å². The van der Waals surface area contributed by atoms with E-state index in [-0.39, 0.29) is 11.4 Å². The van der Waals surface area contributed by atoms with E-state index in [9.17, 15) is 17.6 Å². The van der Waals surface area contributed by atoms with Crippen molar-refractivity contribution in [2.45, 2.75) is 11.4 Å². The molecule has 3 aromatic rings. The highest BCUT2D eigenvalue weighted by molar-refractivity contribution is 7.89. The van der Waals surface area contributed by atoms with Gasteiger partial charge in [0.2, 0.25) is 10.0 Å². The molecule has 3 rings (SSSR count). The molecule has 9 heteroatoms. The van der Waals surface area contributed by atoms with Crippen LogP contribution in [0.15, 0.2) is 71.6 Å². The van der Waals surface area contributed by atoms with Crippen LogP contribution in [0.4, 0.5) is 10.1 Å². The van der Waals surface area contributed by atoms with E-state index in [2.05, 4.69) is 10.0 Å². The van der Waals surface area contributed by atoms with Gasteiger partial charge < -0.3 is 14.8 Å². The van der Waals surface area contributed by atoms with Gasteiger partial charge in [0.05, 0.1) is 30.4 Å². The standard InChI is InChI=1S/C22H21FN2O5S/c1-29-20-9-5-3-7-15(20)14-24-31(27,28)16-11-12-18(23)17(13-16)22(26)25-19-8-4-6-10-21(19)30-2/h3-13,24H,14H2,1-2H3,(H,25,26). The third-order valence-corrected chi connectivity index (χ3v) is 5.89. The molecular formula is C22H21FN2O5S. The lowest BCUT2D eigenvalue weighted by Crippen LogP contribution is -2.24. The molecule has 0 aliphatic rings. The predicted molar refractivity (Wildman–Crippen MR) is 114 cm³/mol. The Labute approximate surface area is 179 Å². The van der Waals surface area contributed by atoms with Crippen LogP contribution in [0, 0.1) is 5.82 Å². The number of carbonyl (C=O) groups excluding carboxylic acids is 1. The molecule has 0 saturated carbocycles. The lowest BCUT2D eigenvalue weighted by Gasteiger charge is -2.12. The molecule has 0 radical (unpaired) electrons. The van der Waals surface area contributed by atoms with Crippen LogP contribution >= 0.6 is 0 Å². The van der Waals surface area contributed by atoms with Crippen LogP contribution in [-0.4, -0.2) is 28.5 Å². The molecule has 2 N–H and O–H groups in total. The van der Waals surface area contributed by atoms with Gasteiger partial charge in [-0.1, -0.05) is 30.3 Å². The number of ether oxygens (including phenoxy) is 2. The van der Waals surface area contributed by atoms with Crippen LogP contribution in [-0.2, 0) is 16.6 Å². The molecule has 0 aliphatic heterocycles. The quantitative estimate of drug-likeness (QED) is 0.554. The molecule has 0 heterocycles. The second-order valence-electron chi connectivity index (χ2n) is 6.43. The molecule has 0 saturated heterocycles. The number of anilines is 1. The van der Waals surface area contributed by atoms with Gasteiger partial charge in [0.1, 0.15) is 17.3 Å². The van der Waals surface area contributed by atoms with Crippen LogP contribution in [0.1, 0.15) is 15.9 Å². The van der Waals surface area contributed by atoms with Gasteiger partial charge in [-0.15, -0.1) is 0 Å². The van der Waals surface area contributed by atoms with Crippen molar-refractivity contribution in [3.8, 4) is 11.5 Å². The van der Waals surface area contributed by atoms with Gasteiger partial charge in [0.15, 0.2) is 0 Å². The first kappa shape index (κ1) is 22.3. The normalized spacial score (nSPS) is 11.1. The summed E-state index contributed by atoms with van der Waals surface area (Å²) in [5, 5.41) is 2.53. The van der Waals surface area contributed by atoms with Crippen LogP contribution < -0.4 is 19.5 Å². The maximum atomic E-state index is 14.3. The number of sulfonamides is 1. The van der Waals surface area contributed by atoms with Gasteiger partial charge in [-0.3, -0.25) is 4.79 Å². The minimum Gasteiger partial charge on any atom is -0.496 e. The number of carbonyl (C=O) groups is 1. The Hall–Kier alpha value is -3.43. The van der Waals surface area contributed by atoms with Crippen molar-refractivity contribution >= 4 is 21.6 Å². The van der Waals surface area contributed by atoms with E-state index in [1.165, 1.54) is 14.2 Å². The van der Waals surface area contributed by atoms with E-state index < -0.39 is 27.3 Å². The summed E-state index contributed by atoms with van der Waals surface area (Å²) in [5.74, 6) is -0.737. The molecule has 1 amide bonds. The number of para-hydroxylation sites is 3. The third-order valence-electron chi connectivity index (χ3n) is 4.49. The lowest BCUT2D eigenvalue weighted by atomic mass is 10.2. The largest absolute Gasteiger partial charge is 0.496 e. The summed E-state index contributed by atoms with van der Waals surface area (Å²) in [6.07, 6.45) is 0. The number of amides is 1. The molecule has 0 bridgehead atoms. The monoisotopic (exact) mass is 444 g/mol. The number of halogens is 1. The van der Waals surface area contributed by atoms with Gasteiger partial charge in [0, 0.05) is 12.1 Å². The van der Waals surface area contributed by atoms with Gasteiger partial charge in [-0.05, 0) is 36.4 Å². The molecule has 0 fully saturated rings. The smallest absolute Gasteiger partial charge is 0.258 e. The van der Waals surface area contributed by atoms with Crippen molar-refractivity contribution in [3.05, 3.63) is 83.7 Å². The Morgan fingerprint density at radius 3 is 2.29 bits per heavy atom. The summed E-state index contributed by atoms with van der Waals surface area (Å²) < 4.78 is 52.6. The number of nitrogens with one attached hydrogen (secondary N) is 2. The first-order chi connectivity index (χ1) is 14.9. The molecule has 3 aromatic carbocycles. The summed E-state index contributed by atoms with van der Waals surface area (Å²) in [6.45, 7) is -0.0353. The minimum absolute atomic E-state index is 0.0353. The fraction of sp³-hybridized carbons (Fsp3) is 0.136. The van der Waals surface area contributed by atoms with E-state index in [0.717, 1.165) is 18.2 Å². The van der Waals surface area contributed by atoms with E-state index >= 15 is 0 Å². The van der Waals surface area contributed by atoms with E-state index in [1.807, 2.05) is 0 Å². The highest BCUT2D eigenvalue weighted by atomic mass is 32.2. The van der Waals surface area contributed by atoms with Crippen LogP contribution in [0.3, 0.4) is 0 Å². The predicted octanol–water partition coefficient (Wildman–Crippen LogP) is 3.57. The Balaban J connectivity index is 1.83. The molecule has 0 aliphatic carbocycles. The number of benzene rings is 3. The molecule has 0 spiro atoms. The Kier molecular flexibility index (Phi) is 6.88.